The lowest BCUT2D eigenvalue weighted by Gasteiger charge is -2.28. The molecule has 2 rings (SSSR count). The number of anilines is 1. The van der Waals surface area contributed by atoms with E-state index >= 15 is 0 Å². The van der Waals surface area contributed by atoms with Gasteiger partial charge in [-0.05, 0) is 0 Å². The molecule has 1 aliphatic heterocycles. The smallest absolute Gasteiger partial charge is 0.130 e. The van der Waals surface area contributed by atoms with Crippen LogP contribution in [0.25, 0.3) is 0 Å². The molecular weight excluding hydrogens is 212 g/mol. The molecule has 4 heteroatoms. The zero-order valence-corrected chi connectivity index (χ0v) is 11.4. The lowest BCUT2D eigenvalue weighted by molar-refractivity contribution is 0.587. The maximum atomic E-state index is 4.38. The minimum atomic E-state index is 0.405. The van der Waals surface area contributed by atoms with Gasteiger partial charge in [-0.15, -0.1) is 0 Å². The number of piperazine rings is 1. The van der Waals surface area contributed by atoms with Crippen molar-refractivity contribution < 1.29 is 0 Å². The van der Waals surface area contributed by atoms with Gasteiger partial charge in [0.15, 0.2) is 0 Å². The van der Waals surface area contributed by atoms with E-state index in [4.69, 9.17) is 0 Å². The SMILES string of the molecule is CC.CC(C)c1ncc(N2CCNCC2)cn1. The van der Waals surface area contributed by atoms with Gasteiger partial charge in [-0.1, -0.05) is 27.7 Å². The van der Waals surface area contributed by atoms with Gasteiger partial charge in [-0.2, -0.15) is 0 Å². The van der Waals surface area contributed by atoms with Crippen LogP contribution in [0.3, 0.4) is 0 Å². The van der Waals surface area contributed by atoms with E-state index < -0.39 is 0 Å². The van der Waals surface area contributed by atoms with Crippen molar-refractivity contribution in [2.45, 2.75) is 33.6 Å². The molecule has 1 N–H and O–H groups in total. The third-order valence-electron chi connectivity index (χ3n) is 2.66. The summed E-state index contributed by atoms with van der Waals surface area (Å²) in [5.41, 5.74) is 1.14. The monoisotopic (exact) mass is 236 g/mol. The Kier molecular flexibility index (Phi) is 5.91. The van der Waals surface area contributed by atoms with Gasteiger partial charge in [-0.25, -0.2) is 9.97 Å². The van der Waals surface area contributed by atoms with Crippen LogP contribution in [0.2, 0.25) is 0 Å². The first-order valence-electron chi connectivity index (χ1n) is 6.55. The van der Waals surface area contributed by atoms with Crippen molar-refractivity contribution in [2.24, 2.45) is 0 Å². The first-order valence-corrected chi connectivity index (χ1v) is 6.55. The molecular formula is C13H24N4. The summed E-state index contributed by atoms with van der Waals surface area (Å²) in [6.45, 7) is 12.4. The van der Waals surface area contributed by atoms with E-state index in [1.165, 1.54) is 0 Å². The third-order valence-corrected chi connectivity index (χ3v) is 2.66. The molecule has 0 amide bonds. The van der Waals surface area contributed by atoms with E-state index in [2.05, 4.69) is 34.0 Å². The summed E-state index contributed by atoms with van der Waals surface area (Å²) in [5.74, 6) is 1.33. The molecule has 2 heterocycles. The molecule has 0 aliphatic carbocycles. The second-order valence-electron chi connectivity index (χ2n) is 4.19. The van der Waals surface area contributed by atoms with Gasteiger partial charge in [0, 0.05) is 32.1 Å². The van der Waals surface area contributed by atoms with Crippen LogP contribution in [0.1, 0.15) is 39.4 Å². The second-order valence-corrected chi connectivity index (χ2v) is 4.19. The highest BCUT2D eigenvalue weighted by molar-refractivity contribution is 5.42. The Balaban J connectivity index is 0.000000686. The summed E-state index contributed by atoms with van der Waals surface area (Å²) in [6.07, 6.45) is 3.88. The van der Waals surface area contributed by atoms with Gasteiger partial charge in [0.1, 0.15) is 5.82 Å². The second kappa shape index (κ2) is 7.22. The summed E-state index contributed by atoms with van der Waals surface area (Å²) in [5, 5.41) is 3.33. The van der Waals surface area contributed by atoms with Crippen molar-refractivity contribution in [1.29, 1.82) is 0 Å². The quantitative estimate of drug-likeness (QED) is 0.853. The van der Waals surface area contributed by atoms with Gasteiger partial charge in [0.2, 0.25) is 0 Å². The first kappa shape index (κ1) is 13.9. The summed E-state index contributed by atoms with van der Waals surface area (Å²) in [6, 6.07) is 0. The lowest BCUT2D eigenvalue weighted by atomic mass is 10.2. The molecule has 1 aliphatic rings. The van der Waals surface area contributed by atoms with Crippen LogP contribution in [0.15, 0.2) is 12.4 Å². The van der Waals surface area contributed by atoms with Crippen molar-refractivity contribution >= 4 is 5.69 Å². The van der Waals surface area contributed by atoms with E-state index in [0.717, 1.165) is 37.7 Å². The number of hydrogen-bond acceptors (Lipinski definition) is 4. The molecule has 96 valence electrons. The lowest BCUT2D eigenvalue weighted by Crippen LogP contribution is -2.43. The minimum Gasteiger partial charge on any atom is -0.366 e. The molecule has 1 fully saturated rings. The Labute approximate surface area is 104 Å². The van der Waals surface area contributed by atoms with E-state index in [9.17, 15) is 0 Å². The molecule has 0 atom stereocenters. The highest BCUT2D eigenvalue weighted by Crippen LogP contribution is 2.14. The van der Waals surface area contributed by atoms with Crippen molar-refractivity contribution in [3.8, 4) is 0 Å². The maximum Gasteiger partial charge on any atom is 0.130 e. The molecule has 17 heavy (non-hydrogen) atoms. The van der Waals surface area contributed by atoms with Crippen LogP contribution < -0.4 is 10.2 Å². The summed E-state index contributed by atoms with van der Waals surface area (Å²) < 4.78 is 0. The minimum absolute atomic E-state index is 0.405. The van der Waals surface area contributed by atoms with Gasteiger partial charge >= 0.3 is 0 Å². The van der Waals surface area contributed by atoms with Crippen LogP contribution in [0.5, 0.6) is 0 Å². The predicted octanol–water partition coefficient (Wildman–Crippen LogP) is 2.04. The molecule has 1 saturated heterocycles. The molecule has 0 bridgehead atoms. The third kappa shape index (κ3) is 3.97. The van der Waals surface area contributed by atoms with Crippen LogP contribution >= 0.6 is 0 Å². The van der Waals surface area contributed by atoms with Crippen LogP contribution in [0.4, 0.5) is 5.69 Å². The highest BCUT2D eigenvalue weighted by Gasteiger charge is 2.11. The Hall–Kier alpha value is -1.16. The fourth-order valence-electron chi connectivity index (χ4n) is 1.72. The van der Waals surface area contributed by atoms with Crippen molar-refractivity contribution in [3.05, 3.63) is 18.2 Å². The Morgan fingerprint density at radius 3 is 2.12 bits per heavy atom. The van der Waals surface area contributed by atoms with E-state index in [1.807, 2.05) is 26.2 Å². The largest absolute Gasteiger partial charge is 0.366 e. The average molecular weight is 236 g/mol. The van der Waals surface area contributed by atoms with Gasteiger partial charge in [-0.3, -0.25) is 0 Å². The highest BCUT2D eigenvalue weighted by atomic mass is 15.2. The number of hydrogen-bond donors (Lipinski definition) is 1. The summed E-state index contributed by atoms with van der Waals surface area (Å²) in [7, 11) is 0. The van der Waals surface area contributed by atoms with Crippen molar-refractivity contribution in [2.75, 3.05) is 31.1 Å². The van der Waals surface area contributed by atoms with Crippen molar-refractivity contribution in [3.63, 3.8) is 0 Å². The van der Waals surface area contributed by atoms with Crippen LogP contribution in [-0.2, 0) is 0 Å². The van der Waals surface area contributed by atoms with E-state index in [1.54, 1.807) is 0 Å². The van der Waals surface area contributed by atoms with Gasteiger partial charge in [0.25, 0.3) is 0 Å². The Morgan fingerprint density at radius 2 is 1.65 bits per heavy atom. The van der Waals surface area contributed by atoms with Crippen LogP contribution in [0, 0.1) is 0 Å². The maximum absolute atomic E-state index is 4.38. The van der Waals surface area contributed by atoms with Gasteiger partial charge in [0.05, 0.1) is 18.1 Å². The fourth-order valence-corrected chi connectivity index (χ4v) is 1.72. The Morgan fingerprint density at radius 1 is 1.12 bits per heavy atom. The Bertz CT molecular complexity index is 302. The van der Waals surface area contributed by atoms with Crippen LogP contribution in [-0.4, -0.2) is 36.1 Å². The topological polar surface area (TPSA) is 41.1 Å². The fraction of sp³-hybridized carbons (Fsp3) is 0.692. The van der Waals surface area contributed by atoms with E-state index in [0.29, 0.717) is 5.92 Å². The number of rotatable bonds is 2. The molecule has 1 aromatic rings. The molecule has 0 unspecified atom stereocenters. The molecule has 0 radical (unpaired) electrons. The first-order chi connectivity index (χ1) is 8.27. The van der Waals surface area contributed by atoms with Gasteiger partial charge < -0.3 is 10.2 Å². The molecule has 0 saturated carbocycles. The normalized spacial score (nSPS) is 15.5. The molecule has 4 nitrogen and oxygen atoms in total. The number of nitrogens with one attached hydrogen (secondary N) is 1. The molecule has 0 spiro atoms. The molecule has 0 aromatic carbocycles. The molecule has 1 aromatic heterocycles. The van der Waals surface area contributed by atoms with E-state index in [-0.39, 0.29) is 0 Å². The average Bonchev–Trinajstić information content (AvgIpc) is 2.42. The predicted molar refractivity (Wildman–Crippen MR) is 72.6 cm³/mol. The summed E-state index contributed by atoms with van der Waals surface area (Å²) >= 11 is 0. The summed E-state index contributed by atoms with van der Waals surface area (Å²) in [4.78, 5) is 11.1. The zero-order valence-electron chi connectivity index (χ0n) is 11.4. The standard InChI is InChI=1S/C11H18N4.C2H6/c1-9(2)11-13-7-10(8-14-11)15-5-3-12-4-6-15;1-2/h7-9,12H,3-6H2,1-2H3;1-2H3. The van der Waals surface area contributed by atoms with Crippen molar-refractivity contribution in [1.82, 2.24) is 15.3 Å². The zero-order chi connectivity index (χ0) is 12.7. The number of nitrogens with zero attached hydrogens (tertiary/aromatic N) is 3. The number of aromatic nitrogens is 2.